The molecule has 0 amide bonds. The van der Waals surface area contributed by atoms with Crippen molar-refractivity contribution in [3.63, 3.8) is 0 Å². The molecule has 0 aliphatic heterocycles. The third-order valence-electron chi connectivity index (χ3n) is 1.91. The van der Waals surface area contributed by atoms with Gasteiger partial charge in [-0.05, 0) is 12.5 Å². The first-order valence-corrected chi connectivity index (χ1v) is 5.84. The molecule has 1 atom stereocenters. The zero-order valence-corrected chi connectivity index (χ0v) is 8.71. The van der Waals surface area contributed by atoms with E-state index in [9.17, 15) is 8.42 Å². The number of aromatic nitrogens is 1. The van der Waals surface area contributed by atoms with E-state index in [1.165, 1.54) is 18.5 Å². The summed E-state index contributed by atoms with van der Waals surface area (Å²) < 4.78 is 25.6. The number of hydrogen-bond donors (Lipinski definition) is 3. The predicted molar refractivity (Wildman–Crippen MR) is 52.3 cm³/mol. The van der Waals surface area contributed by atoms with Gasteiger partial charge in [0.1, 0.15) is 0 Å². The van der Waals surface area contributed by atoms with Crippen molar-refractivity contribution < 1.29 is 13.5 Å². The maximum Gasteiger partial charge on any atom is 0.242 e. The van der Waals surface area contributed by atoms with Crippen LogP contribution in [0.25, 0.3) is 0 Å². The van der Waals surface area contributed by atoms with E-state index in [1.54, 1.807) is 6.92 Å². The van der Waals surface area contributed by atoms with Crippen molar-refractivity contribution in [2.45, 2.75) is 24.3 Å². The van der Waals surface area contributed by atoms with Gasteiger partial charge in [0.2, 0.25) is 10.0 Å². The van der Waals surface area contributed by atoms with Crippen molar-refractivity contribution in [3.8, 4) is 0 Å². The van der Waals surface area contributed by atoms with Gasteiger partial charge in [-0.15, -0.1) is 0 Å². The zero-order chi connectivity index (χ0) is 10.6. The van der Waals surface area contributed by atoms with Crippen LogP contribution in [-0.4, -0.2) is 31.2 Å². The maximum absolute atomic E-state index is 11.6. The van der Waals surface area contributed by atoms with Crippen molar-refractivity contribution in [1.82, 2.24) is 9.71 Å². The molecule has 1 rings (SSSR count). The molecular formula is C8H14N2O3S. The standard InChI is InChI=1S/C8H14N2O3S/c1-2-7(6-11)10-14(12,13)8-3-4-9-5-8/h3-5,7,9-11H,2,6H2,1H3/t7-/m0/s1. The van der Waals surface area contributed by atoms with Gasteiger partial charge in [-0.3, -0.25) is 0 Å². The maximum atomic E-state index is 11.6. The normalized spacial score (nSPS) is 14.1. The van der Waals surface area contributed by atoms with E-state index in [2.05, 4.69) is 9.71 Å². The van der Waals surface area contributed by atoms with Gasteiger partial charge in [-0.25, -0.2) is 13.1 Å². The summed E-state index contributed by atoms with van der Waals surface area (Å²) >= 11 is 0. The van der Waals surface area contributed by atoms with Crippen LogP contribution >= 0.6 is 0 Å². The number of sulfonamides is 1. The summed E-state index contributed by atoms with van der Waals surface area (Å²) in [6, 6.07) is 1.04. The Morgan fingerprint density at radius 3 is 2.79 bits per heavy atom. The molecule has 0 spiro atoms. The van der Waals surface area contributed by atoms with E-state index in [1.807, 2.05) is 0 Å². The number of hydrogen-bond acceptors (Lipinski definition) is 3. The molecule has 5 nitrogen and oxygen atoms in total. The van der Waals surface area contributed by atoms with E-state index in [0.717, 1.165) is 0 Å². The second kappa shape index (κ2) is 4.59. The van der Waals surface area contributed by atoms with Gasteiger partial charge in [0.25, 0.3) is 0 Å². The molecule has 0 saturated carbocycles. The Morgan fingerprint density at radius 2 is 2.36 bits per heavy atom. The Balaban J connectivity index is 2.77. The summed E-state index contributed by atoms with van der Waals surface area (Å²) in [7, 11) is -3.48. The summed E-state index contributed by atoms with van der Waals surface area (Å²) in [6.07, 6.45) is 3.49. The fraction of sp³-hybridized carbons (Fsp3) is 0.500. The van der Waals surface area contributed by atoms with E-state index in [4.69, 9.17) is 5.11 Å². The third kappa shape index (κ3) is 2.57. The van der Waals surface area contributed by atoms with Gasteiger partial charge in [0.15, 0.2) is 0 Å². The molecule has 0 aromatic carbocycles. The molecule has 3 N–H and O–H groups in total. The average Bonchev–Trinajstić information content (AvgIpc) is 2.67. The minimum absolute atomic E-state index is 0.185. The molecule has 0 saturated heterocycles. The molecule has 1 aromatic heterocycles. The number of rotatable bonds is 5. The number of nitrogens with one attached hydrogen (secondary N) is 2. The Labute approximate surface area is 83.2 Å². The minimum atomic E-state index is -3.48. The van der Waals surface area contributed by atoms with Crippen LogP contribution in [0.4, 0.5) is 0 Å². The highest BCUT2D eigenvalue weighted by atomic mass is 32.2. The monoisotopic (exact) mass is 218 g/mol. The molecule has 14 heavy (non-hydrogen) atoms. The number of H-pyrrole nitrogens is 1. The Hall–Kier alpha value is -0.850. The molecular weight excluding hydrogens is 204 g/mol. The molecule has 0 fully saturated rings. The average molecular weight is 218 g/mol. The molecule has 0 aliphatic carbocycles. The molecule has 0 aliphatic rings. The molecule has 1 heterocycles. The summed E-state index contributed by atoms with van der Waals surface area (Å²) in [5, 5.41) is 8.85. The highest BCUT2D eigenvalue weighted by molar-refractivity contribution is 7.89. The Bertz CT molecular complexity index is 354. The fourth-order valence-electron chi connectivity index (χ4n) is 1.01. The van der Waals surface area contributed by atoms with Crippen molar-refractivity contribution in [1.29, 1.82) is 0 Å². The summed E-state index contributed by atoms with van der Waals surface area (Å²) in [5.41, 5.74) is 0. The first-order valence-electron chi connectivity index (χ1n) is 4.36. The summed E-state index contributed by atoms with van der Waals surface area (Å²) in [5.74, 6) is 0. The lowest BCUT2D eigenvalue weighted by atomic mass is 10.3. The lowest BCUT2D eigenvalue weighted by Gasteiger charge is -2.13. The van der Waals surface area contributed by atoms with Crippen LogP contribution in [-0.2, 0) is 10.0 Å². The topological polar surface area (TPSA) is 82.2 Å². The number of aromatic amines is 1. The van der Waals surface area contributed by atoms with Crippen LogP contribution in [0.5, 0.6) is 0 Å². The van der Waals surface area contributed by atoms with Gasteiger partial charge in [-0.1, -0.05) is 6.92 Å². The quantitative estimate of drug-likeness (QED) is 0.653. The second-order valence-corrected chi connectivity index (χ2v) is 4.67. The van der Waals surface area contributed by atoms with Crippen LogP contribution in [0.2, 0.25) is 0 Å². The second-order valence-electron chi connectivity index (χ2n) is 2.96. The van der Waals surface area contributed by atoms with Crippen molar-refractivity contribution in [3.05, 3.63) is 18.5 Å². The van der Waals surface area contributed by atoms with Gasteiger partial charge in [0, 0.05) is 18.4 Å². The van der Waals surface area contributed by atoms with Crippen molar-refractivity contribution >= 4 is 10.0 Å². The van der Waals surface area contributed by atoms with E-state index >= 15 is 0 Å². The SMILES string of the molecule is CC[C@@H](CO)NS(=O)(=O)c1cc[nH]c1. The van der Waals surface area contributed by atoms with Gasteiger partial charge >= 0.3 is 0 Å². The predicted octanol–water partition coefficient (Wildman–Crippen LogP) is 0.0639. The van der Waals surface area contributed by atoms with Crippen LogP contribution in [0.3, 0.4) is 0 Å². The fourth-order valence-corrected chi connectivity index (χ4v) is 2.30. The van der Waals surface area contributed by atoms with Gasteiger partial charge in [-0.2, -0.15) is 0 Å². The lowest BCUT2D eigenvalue weighted by Crippen LogP contribution is -2.36. The molecule has 0 bridgehead atoms. The van der Waals surface area contributed by atoms with E-state index < -0.39 is 16.1 Å². The molecule has 0 radical (unpaired) electrons. The smallest absolute Gasteiger partial charge is 0.242 e. The molecule has 0 unspecified atom stereocenters. The van der Waals surface area contributed by atoms with Gasteiger partial charge < -0.3 is 10.1 Å². The van der Waals surface area contributed by atoms with Crippen LogP contribution in [0.15, 0.2) is 23.4 Å². The van der Waals surface area contributed by atoms with Crippen molar-refractivity contribution in [2.24, 2.45) is 0 Å². The van der Waals surface area contributed by atoms with Crippen LogP contribution in [0, 0.1) is 0 Å². The van der Waals surface area contributed by atoms with E-state index in [0.29, 0.717) is 6.42 Å². The van der Waals surface area contributed by atoms with E-state index in [-0.39, 0.29) is 11.5 Å². The largest absolute Gasteiger partial charge is 0.395 e. The minimum Gasteiger partial charge on any atom is -0.395 e. The molecule has 6 heteroatoms. The summed E-state index contributed by atoms with van der Waals surface area (Å²) in [6.45, 7) is 1.61. The summed E-state index contributed by atoms with van der Waals surface area (Å²) in [4.78, 5) is 2.85. The van der Waals surface area contributed by atoms with Crippen LogP contribution in [0.1, 0.15) is 13.3 Å². The number of aliphatic hydroxyl groups excluding tert-OH is 1. The first-order chi connectivity index (χ1) is 6.60. The lowest BCUT2D eigenvalue weighted by molar-refractivity contribution is 0.254. The number of aliphatic hydroxyl groups is 1. The zero-order valence-electron chi connectivity index (χ0n) is 7.90. The molecule has 80 valence electrons. The Kier molecular flexibility index (Phi) is 3.68. The highest BCUT2D eigenvalue weighted by Crippen LogP contribution is 2.07. The van der Waals surface area contributed by atoms with Gasteiger partial charge in [0.05, 0.1) is 11.5 Å². The molecule has 1 aromatic rings. The third-order valence-corrected chi connectivity index (χ3v) is 3.43. The first kappa shape index (κ1) is 11.2. The van der Waals surface area contributed by atoms with Crippen LogP contribution < -0.4 is 4.72 Å². The highest BCUT2D eigenvalue weighted by Gasteiger charge is 2.18. The van der Waals surface area contributed by atoms with Crippen molar-refractivity contribution in [2.75, 3.05) is 6.61 Å². The Morgan fingerprint density at radius 1 is 1.64 bits per heavy atom.